The molecule has 0 saturated carbocycles. The van der Waals surface area contributed by atoms with E-state index in [2.05, 4.69) is 23.7 Å². The highest BCUT2D eigenvalue weighted by molar-refractivity contribution is 6.34. The number of halogens is 1. The minimum absolute atomic E-state index is 0.0872. The van der Waals surface area contributed by atoms with E-state index in [0.29, 0.717) is 28.3 Å². The third kappa shape index (κ3) is 3.90. The molecular formula is C27H21ClO8. The van der Waals surface area contributed by atoms with Gasteiger partial charge >= 0.3 is 5.97 Å². The topological polar surface area (TPSA) is 129 Å². The lowest BCUT2D eigenvalue weighted by Crippen LogP contribution is -2.33. The van der Waals surface area contributed by atoms with Gasteiger partial charge in [0.25, 0.3) is 0 Å². The van der Waals surface area contributed by atoms with Crippen molar-refractivity contribution < 1.29 is 39.4 Å². The van der Waals surface area contributed by atoms with Gasteiger partial charge in [0.05, 0.1) is 25.3 Å². The molecular weight excluding hydrogens is 488 g/mol. The minimum atomic E-state index is -1.25. The van der Waals surface area contributed by atoms with Crippen molar-refractivity contribution in [1.29, 1.82) is 0 Å². The molecule has 0 unspecified atom stereocenters. The number of hydrogen-bond donors (Lipinski definition) is 4. The lowest BCUT2D eigenvalue weighted by molar-refractivity contribution is 0.0404. The van der Waals surface area contributed by atoms with Crippen molar-refractivity contribution in [2.75, 3.05) is 13.7 Å². The van der Waals surface area contributed by atoms with Crippen LogP contribution in [0.5, 0.6) is 11.5 Å². The molecule has 1 saturated heterocycles. The molecule has 2 aromatic carbocycles. The molecule has 8 nitrogen and oxygen atoms in total. The second-order valence-corrected chi connectivity index (χ2v) is 8.89. The largest absolute Gasteiger partial charge is 0.507 e. The van der Waals surface area contributed by atoms with Gasteiger partial charge in [-0.05, 0) is 35.2 Å². The summed E-state index contributed by atoms with van der Waals surface area (Å²) in [6, 6.07) is 4.41. The number of phenolic OH excluding ortho intramolecular Hbond substituents is 1. The quantitative estimate of drug-likeness (QED) is 0.265. The van der Waals surface area contributed by atoms with Crippen molar-refractivity contribution >= 4 is 28.3 Å². The van der Waals surface area contributed by atoms with Crippen LogP contribution in [-0.2, 0) is 16.1 Å². The first-order valence-corrected chi connectivity index (χ1v) is 11.5. The Morgan fingerprint density at radius 1 is 1.33 bits per heavy atom. The van der Waals surface area contributed by atoms with Gasteiger partial charge in [-0.15, -0.1) is 0 Å². The molecule has 0 amide bonds. The summed E-state index contributed by atoms with van der Waals surface area (Å²) in [6.07, 6.45) is 1.15. The number of esters is 1. The van der Waals surface area contributed by atoms with Crippen molar-refractivity contribution in [3.05, 3.63) is 57.6 Å². The molecule has 4 atom stereocenters. The number of epoxide rings is 1. The molecule has 1 fully saturated rings. The van der Waals surface area contributed by atoms with Gasteiger partial charge in [0.2, 0.25) is 0 Å². The molecule has 184 valence electrons. The molecule has 4 N–H and O–H groups in total. The Kier molecular flexibility index (Phi) is 6.17. The lowest BCUT2D eigenvalue weighted by Gasteiger charge is -2.16. The number of methoxy groups -OCH3 is 1. The van der Waals surface area contributed by atoms with Gasteiger partial charge in [-0.2, -0.15) is 0 Å². The van der Waals surface area contributed by atoms with E-state index in [1.54, 1.807) is 18.2 Å². The summed E-state index contributed by atoms with van der Waals surface area (Å²) in [5.41, 5.74) is 0.342. The predicted octanol–water partition coefficient (Wildman–Crippen LogP) is 1.99. The highest BCUT2D eigenvalue weighted by Crippen LogP contribution is 2.41. The second-order valence-electron chi connectivity index (χ2n) is 8.51. The van der Waals surface area contributed by atoms with Gasteiger partial charge in [0.15, 0.2) is 11.7 Å². The van der Waals surface area contributed by atoms with E-state index in [-0.39, 0.29) is 22.1 Å². The van der Waals surface area contributed by atoms with E-state index in [4.69, 9.17) is 25.8 Å². The zero-order valence-corrected chi connectivity index (χ0v) is 19.8. The average molecular weight is 509 g/mol. The van der Waals surface area contributed by atoms with Gasteiger partial charge in [-0.3, -0.25) is 0 Å². The highest BCUT2D eigenvalue weighted by Gasteiger charge is 2.60. The summed E-state index contributed by atoms with van der Waals surface area (Å²) in [6.45, 7) is -0.916. The molecule has 2 aromatic rings. The van der Waals surface area contributed by atoms with E-state index in [9.17, 15) is 25.2 Å². The average Bonchev–Trinajstić information content (AvgIpc) is 3.43. The monoisotopic (exact) mass is 508 g/mol. The number of carbonyl (C=O) groups is 1. The van der Waals surface area contributed by atoms with E-state index < -0.39 is 43.1 Å². The first-order chi connectivity index (χ1) is 17.3. The SMILES string of the molecule is COc1cc2c(C(=O)O[C@H]3C=C4C#C[C@]5([C@H](O)CO)O[C@@H]5C#CC=C4C3)c(O)ccc2c(CO)c1Cl. The van der Waals surface area contributed by atoms with Crippen LogP contribution in [-0.4, -0.2) is 64.0 Å². The summed E-state index contributed by atoms with van der Waals surface area (Å²) in [4.78, 5) is 13.2. The number of aliphatic hydroxyl groups excluding tert-OH is 3. The van der Waals surface area contributed by atoms with Crippen molar-refractivity contribution in [2.45, 2.75) is 36.9 Å². The maximum Gasteiger partial charge on any atom is 0.343 e. The van der Waals surface area contributed by atoms with Crippen molar-refractivity contribution in [3.63, 3.8) is 0 Å². The van der Waals surface area contributed by atoms with Crippen molar-refractivity contribution in [3.8, 4) is 35.2 Å². The molecule has 3 aliphatic rings. The standard InChI is InChI=1S/C27H21ClO8/c1-34-21-11-18-17(19(12-29)25(21)28)5-6-20(31)24(18)26(33)35-16-9-14-3-2-4-23-27(36-23,22(32)13-30)8-7-15(14)10-16/h3,5-6,10-11,16,22-23,29-32H,9,12-13H2,1H3/t16-,22-,23-,27-/m1/s1. The number of aromatic hydroxyl groups is 1. The summed E-state index contributed by atoms with van der Waals surface area (Å²) < 4.78 is 16.5. The maximum atomic E-state index is 13.2. The number of rotatable bonds is 6. The third-order valence-corrected chi connectivity index (χ3v) is 6.85. The van der Waals surface area contributed by atoms with Crippen LogP contribution in [0.3, 0.4) is 0 Å². The fourth-order valence-electron chi connectivity index (χ4n) is 4.44. The zero-order chi connectivity index (χ0) is 25.6. The molecule has 2 aliphatic carbocycles. The summed E-state index contributed by atoms with van der Waals surface area (Å²) >= 11 is 6.32. The molecule has 0 aromatic heterocycles. The minimum Gasteiger partial charge on any atom is -0.507 e. The number of phenols is 1. The van der Waals surface area contributed by atoms with Crippen LogP contribution in [0.15, 0.2) is 41.5 Å². The number of carbonyl (C=O) groups excluding carboxylic acids is 1. The summed E-state index contributed by atoms with van der Waals surface area (Å²) in [5, 5.41) is 40.9. The number of aliphatic hydroxyl groups is 3. The van der Waals surface area contributed by atoms with Crippen LogP contribution in [0.2, 0.25) is 5.02 Å². The van der Waals surface area contributed by atoms with Gasteiger partial charge in [-0.25, -0.2) is 4.79 Å². The number of allylic oxidation sites excluding steroid dienone is 2. The normalized spacial score (nSPS) is 24.2. The first-order valence-electron chi connectivity index (χ1n) is 11.1. The van der Waals surface area contributed by atoms with Crippen LogP contribution in [0.25, 0.3) is 10.8 Å². The van der Waals surface area contributed by atoms with Crippen LogP contribution >= 0.6 is 11.6 Å². The van der Waals surface area contributed by atoms with Crippen molar-refractivity contribution in [1.82, 2.24) is 0 Å². The van der Waals surface area contributed by atoms with Crippen LogP contribution in [0.4, 0.5) is 0 Å². The smallest absolute Gasteiger partial charge is 0.343 e. The Hall–Kier alpha value is -3.50. The Bertz CT molecular complexity index is 1470. The molecule has 0 bridgehead atoms. The Morgan fingerprint density at radius 3 is 2.86 bits per heavy atom. The van der Waals surface area contributed by atoms with E-state index in [0.717, 1.165) is 5.57 Å². The van der Waals surface area contributed by atoms with Crippen molar-refractivity contribution in [2.24, 2.45) is 0 Å². The molecule has 1 heterocycles. The Labute approximate surface area is 211 Å². The van der Waals surface area contributed by atoms with Gasteiger partial charge in [-0.1, -0.05) is 41.3 Å². The first kappa shape index (κ1) is 24.2. The van der Waals surface area contributed by atoms with E-state index in [1.807, 2.05) is 0 Å². The second kappa shape index (κ2) is 9.18. The molecule has 5 rings (SSSR count). The number of ether oxygens (including phenoxy) is 3. The molecule has 36 heavy (non-hydrogen) atoms. The molecule has 0 radical (unpaired) electrons. The van der Waals surface area contributed by atoms with E-state index in [1.165, 1.54) is 19.2 Å². The van der Waals surface area contributed by atoms with Gasteiger partial charge < -0.3 is 34.6 Å². The Balaban J connectivity index is 1.48. The van der Waals surface area contributed by atoms with Gasteiger partial charge in [0, 0.05) is 22.9 Å². The molecule has 1 aliphatic heterocycles. The van der Waals surface area contributed by atoms with Crippen LogP contribution in [0, 0.1) is 23.7 Å². The molecule has 9 heteroatoms. The predicted molar refractivity (Wildman–Crippen MR) is 129 cm³/mol. The highest BCUT2D eigenvalue weighted by atomic mass is 35.5. The van der Waals surface area contributed by atoms with Crippen LogP contribution in [0.1, 0.15) is 22.3 Å². The third-order valence-electron chi connectivity index (χ3n) is 6.43. The Morgan fingerprint density at radius 2 is 2.14 bits per heavy atom. The fourth-order valence-corrected chi connectivity index (χ4v) is 4.74. The summed E-state index contributed by atoms with van der Waals surface area (Å²) in [7, 11) is 1.41. The fraction of sp³-hybridized carbons (Fsp3) is 0.296. The molecule has 0 spiro atoms. The number of fused-ring (bicyclic) bond motifs is 3. The van der Waals surface area contributed by atoms with E-state index >= 15 is 0 Å². The lowest BCUT2D eigenvalue weighted by atomic mass is 9.98. The number of hydrogen-bond acceptors (Lipinski definition) is 8. The zero-order valence-electron chi connectivity index (χ0n) is 19.0. The van der Waals surface area contributed by atoms with Gasteiger partial charge in [0.1, 0.15) is 29.3 Å². The number of benzene rings is 2. The summed E-state index contributed by atoms with van der Waals surface area (Å²) in [5.74, 6) is 10.8. The maximum absolute atomic E-state index is 13.2. The van der Waals surface area contributed by atoms with Crippen LogP contribution < -0.4 is 4.74 Å².